The first-order chi connectivity index (χ1) is 11.2. The fourth-order valence-electron chi connectivity index (χ4n) is 2.71. The zero-order chi connectivity index (χ0) is 16.5. The highest BCUT2D eigenvalue weighted by atomic mass is 16.5. The van der Waals surface area contributed by atoms with E-state index in [2.05, 4.69) is 5.32 Å². The van der Waals surface area contributed by atoms with Crippen molar-refractivity contribution in [3.05, 3.63) is 29.8 Å². The van der Waals surface area contributed by atoms with Crippen LogP contribution >= 0.6 is 0 Å². The van der Waals surface area contributed by atoms with Crippen molar-refractivity contribution in [3.8, 4) is 5.75 Å². The number of aliphatic hydroxyl groups is 1. The maximum atomic E-state index is 12.1. The van der Waals surface area contributed by atoms with Gasteiger partial charge in [0.2, 0.25) is 5.91 Å². The number of benzene rings is 1. The molecule has 1 aromatic rings. The molecule has 1 atom stereocenters. The van der Waals surface area contributed by atoms with Crippen LogP contribution < -0.4 is 10.1 Å². The van der Waals surface area contributed by atoms with Gasteiger partial charge in [-0.3, -0.25) is 9.69 Å². The highest BCUT2D eigenvalue weighted by Gasteiger charge is 2.19. The molecule has 6 nitrogen and oxygen atoms in total. The average molecular weight is 322 g/mol. The molecule has 0 bridgehead atoms. The van der Waals surface area contributed by atoms with Gasteiger partial charge in [-0.1, -0.05) is 18.2 Å². The van der Waals surface area contributed by atoms with E-state index in [1.807, 2.05) is 29.2 Å². The van der Waals surface area contributed by atoms with Crippen LogP contribution in [0.25, 0.3) is 0 Å². The van der Waals surface area contributed by atoms with Crippen molar-refractivity contribution >= 4 is 5.91 Å². The van der Waals surface area contributed by atoms with Crippen LogP contribution in [0, 0.1) is 5.92 Å². The largest absolute Gasteiger partial charge is 0.496 e. The second-order valence-electron chi connectivity index (χ2n) is 5.77. The van der Waals surface area contributed by atoms with Crippen molar-refractivity contribution in [1.82, 2.24) is 10.2 Å². The molecule has 0 aromatic heterocycles. The predicted octanol–water partition coefficient (Wildman–Crippen LogP) is 0.295. The molecule has 1 saturated heterocycles. The Morgan fingerprint density at radius 3 is 3.09 bits per heavy atom. The smallest absolute Gasteiger partial charge is 0.234 e. The van der Waals surface area contributed by atoms with Crippen LogP contribution in [0.15, 0.2) is 24.3 Å². The van der Waals surface area contributed by atoms with Gasteiger partial charge in [0.15, 0.2) is 0 Å². The van der Waals surface area contributed by atoms with Crippen LogP contribution in [0.2, 0.25) is 0 Å². The molecule has 1 aromatic carbocycles. The molecule has 0 saturated carbocycles. The van der Waals surface area contributed by atoms with E-state index in [1.54, 1.807) is 7.11 Å². The number of nitrogens with one attached hydrogen (secondary N) is 1. The Labute approximate surface area is 137 Å². The molecule has 1 aliphatic heterocycles. The molecule has 0 unspecified atom stereocenters. The lowest BCUT2D eigenvalue weighted by Gasteiger charge is -2.21. The summed E-state index contributed by atoms with van der Waals surface area (Å²) in [6, 6.07) is 7.82. The molecule has 23 heavy (non-hydrogen) atoms. The summed E-state index contributed by atoms with van der Waals surface area (Å²) in [5, 5.41) is 12.2. The zero-order valence-electron chi connectivity index (χ0n) is 13.7. The summed E-state index contributed by atoms with van der Waals surface area (Å²) < 4.78 is 10.7. The van der Waals surface area contributed by atoms with Crippen molar-refractivity contribution in [2.24, 2.45) is 5.92 Å². The lowest BCUT2D eigenvalue weighted by Crippen LogP contribution is -2.41. The zero-order valence-corrected chi connectivity index (χ0v) is 13.7. The number of aliphatic hydroxyl groups excluding tert-OH is 1. The van der Waals surface area contributed by atoms with Gasteiger partial charge in [0, 0.05) is 32.2 Å². The van der Waals surface area contributed by atoms with Gasteiger partial charge in [0.05, 0.1) is 26.9 Å². The Kier molecular flexibility index (Phi) is 7.32. The van der Waals surface area contributed by atoms with Crippen LogP contribution in [-0.4, -0.2) is 69.0 Å². The number of amides is 1. The summed E-state index contributed by atoms with van der Waals surface area (Å²) in [7, 11) is 1.65. The minimum atomic E-state index is -0.00140. The van der Waals surface area contributed by atoms with Crippen molar-refractivity contribution < 1.29 is 19.4 Å². The minimum absolute atomic E-state index is 0.00140. The Morgan fingerprint density at radius 2 is 2.30 bits per heavy atom. The number of nitrogens with zero attached hydrogens (tertiary/aromatic N) is 1. The number of methoxy groups -OCH3 is 1. The molecule has 1 heterocycles. The molecule has 1 fully saturated rings. The summed E-state index contributed by atoms with van der Waals surface area (Å²) >= 11 is 0. The van der Waals surface area contributed by atoms with E-state index in [1.165, 1.54) is 0 Å². The number of para-hydroxylation sites is 1. The predicted molar refractivity (Wildman–Crippen MR) is 87.5 cm³/mol. The Morgan fingerprint density at radius 1 is 1.48 bits per heavy atom. The number of hydrogen-bond acceptors (Lipinski definition) is 5. The Bertz CT molecular complexity index is 495. The van der Waals surface area contributed by atoms with Crippen LogP contribution in [0.1, 0.15) is 5.56 Å². The van der Waals surface area contributed by atoms with E-state index in [0.717, 1.165) is 24.3 Å². The fraction of sp³-hybridized carbons (Fsp3) is 0.588. The first-order valence-corrected chi connectivity index (χ1v) is 8.02. The summed E-state index contributed by atoms with van der Waals surface area (Å²) in [5.74, 6) is 0.926. The van der Waals surface area contributed by atoms with E-state index in [9.17, 15) is 9.90 Å². The van der Waals surface area contributed by atoms with E-state index in [0.29, 0.717) is 32.8 Å². The third kappa shape index (κ3) is 5.82. The molecule has 6 heteroatoms. The molecule has 0 radical (unpaired) electrons. The quantitative estimate of drug-likeness (QED) is 0.755. The van der Waals surface area contributed by atoms with E-state index >= 15 is 0 Å². The van der Waals surface area contributed by atoms with Crippen LogP contribution in [0.3, 0.4) is 0 Å². The SMILES string of the molecule is COc1ccccc1CCNC(=O)CN1CCOC[C@H](CO)C1. The fourth-order valence-corrected chi connectivity index (χ4v) is 2.71. The summed E-state index contributed by atoms with van der Waals surface area (Å²) in [5.41, 5.74) is 1.08. The maximum Gasteiger partial charge on any atom is 0.234 e. The van der Waals surface area contributed by atoms with Crippen molar-refractivity contribution in [2.75, 3.05) is 53.1 Å². The lowest BCUT2D eigenvalue weighted by molar-refractivity contribution is -0.122. The van der Waals surface area contributed by atoms with Crippen LogP contribution in [0.5, 0.6) is 5.75 Å². The van der Waals surface area contributed by atoms with Gasteiger partial charge < -0.3 is 19.9 Å². The lowest BCUT2D eigenvalue weighted by atomic mass is 10.1. The van der Waals surface area contributed by atoms with Crippen molar-refractivity contribution in [2.45, 2.75) is 6.42 Å². The van der Waals surface area contributed by atoms with Gasteiger partial charge in [0.1, 0.15) is 5.75 Å². The molecule has 1 aliphatic rings. The topological polar surface area (TPSA) is 71.0 Å². The second kappa shape index (κ2) is 9.50. The van der Waals surface area contributed by atoms with Crippen LogP contribution in [-0.2, 0) is 16.0 Å². The average Bonchev–Trinajstić information content (AvgIpc) is 2.80. The monoisotopic (exact) mass is 322 g/mol. The molecule has 128 valence electrons. The normalized spacial score (nSPS) is 19.1. The van der Waals surface area contributed by atoms with Gasteiger partial charge >= 0.3 is 0 Å². The minimum Gasteiger partial charge on any atom is -0.496 e. The van der Waals surface area contributed by atoms with E-state index in [-0.39, 0.29) is 18.4 Å². The van der Waals surface area contributed by atoms with Gasteiger partial charge in [-0.25, -0.2) is 0 Å². The van der Waals surface area contributed by atoms with Gasteiger partial charge in [0.25, 0.3) is 0 Å². The van der Waals surface area contributed by atoms with Crippen molar-refractivity contribution in [1.29, 1.82) is 0 Å². The summed E-state index contributed by atoms with van der Waals surface area (Å²) in [4.78, 5) is 14.1. The van der Waals surface area contributed by atoms with Gasteiger partial charge in [-0.2, -0.15) is 0 Å². The highest BCUT2D eigenvalue weighted by molar-refractivity contribution is 5.78. The molecule has 0 spiro atoms. The third-order valence-electron chi connectivity index (χ3n) is 3.96. The number of carbonyl (C=O) groups excluding carboxylic acids is 1. The molecule has 2 rings (SSSR count). The van der Waals surface area contributed by atoms with Gasteiger partial charge in [-0.05, 0) is 18.1 Å². The van der Waals surface area contributed by atoms with Gasteiger partial charge in [-0.15, -0.1) is 0 Å². The van der Waals surface area contributed by atoms with E-state index in [4.69, 9.17) is 9.47 Å². The molecule has 0 aliphatic carbocycles. The van der Waals surface area contributed by atoms with Crippen LogP contribution in [0.4, 0.5) is 0 Å². The number of rotatable bonds is 7. The molecule has 1 amide bonds. The summed E-state index contributed by atoms with van der Waals surface area (Å²) in [6.07, 6.45) is 0.734. The maximum absolute atomic E-state index is 12.1. The van der Waals surface area contributed by atoms with E-state index < -0.39 is 0 Å². The number of ether oxygens (including phenoxy) is 2. The first-order valence-electron chi connectivity index (χ1n) is 8.02. The highest BCUT2D eigenvalue weighted by Crippen LogP contribution is 2.17. The number of hydrogen-bond donors (Lipinski definition) is 2. The molecular formula is C17H26N2O4. The Hall–Kier alpha value is -1.63. The third-order valence-corrected chi connectivity index (χ3v) is 3.96. The number of carbonyl (C=O) groups is 1. The molecular weight excluding hydrogens is 296 g/mol. The first kappa shape index (κ1) is 17.7. The second-order valence-corrected chi connectivity index (χ2v) is 5.77. The van der Waals surface area contributed by atoms with Crippen molar-refractivity contribution in [3.63, 3.8) is 0 Å². The summed E-state index contributed by atoms with van der Waals surface area (Å²) in [6.45, 7) is 3.57. The Balaban J connectivity index is 1.74. The molecule has 2 N–H and O–H groups in total. The standard InChI is InChI=1S/C17H26N2O4/c1-22-16-5-3-2-4-15(16)6-7-18-17(21)11-19-8-9-23-13-14(10-19)12-20/h2-5,14,20H,6-13H2,1H3,(H,18,21)/t14-/m0/s1.